The van der Waals surface area contributed by atoms with E-state index >= 15 is 0 Å². The van der Waals surface area contributed by atoms with Crippen LogP contribution in [0.3, 0.4) is 0 Å². The zero-order chi connectivity index (χ0) is 15.4. The molecule has 0 amide bonds. The second kappa shape index (κ2) is 6.35. The lowest BCUT2D eigenvalue weighted by Gasteiger charge is -2.08. The third-order valence-corrected chi connectivity index (χ3v) is 3.54. The van der Waals surface area contributed by atoms with Crippen LogP contribution in [0.2, 0.25) is 0 Å². The van der Waals surface area contributed by atoms with E-state index in [1.165, 1.54) is 0 Å². The van der Waals surface area contributed by atoms with Crippen LogP contribution >= 0.6 is 0 Å². The number of hydrogen-bond donors (Lipinski definition) is 1. The van der Waals surface area contributed by atoms with Crippen LogP contribution in [-0.2, 0) is 13.2 Å². The van der Waals surface area contributed by atoms with Gasteiger partial charge in [0.15, 0.2) is 29.1 Å². The van der Waals surface area contributed by atoms with Gasteiger partial charge in [-0.15, -0.1) is 0 Å². The Hall–Kier alpha value is -2.75. The van der Waals surface area contributed by atoms with Crippen molar-refractivity contribution in [3.05, 3.63) is 67.0 Å². The van der Waals surface area contributed by atoms with Gasteiger partial charge in [-0.3, -0.25) is 0 Å². The van der Waals surface area contributed by atoms with Crippen molar-refractivity contribution in [3.63, 3.8) is 0 Å². The average molecular weight is 295 g/mol. The first kappa shape index (κ1) is 14.2. The lowest BCUT2D eigenvalue weighted by atomic mass is 10.3. The Morgan fingerprint density at radius 3 is 2.59 bits per heavy atom. The number of aromatic amines is 1. The molecule has 0 radical (unpaired) electrons. The molecule has 0 fully saturated rings. The fraction of sp³-hybridized carbons (Fsp3) is 0.167. The minimum absolute atomic E-state index is 0.433. The Bertz CT molecular complexity index is 793. The molecule has 3 rings (SSSR count). The summed E-state index contributed by atoms with van der Waals surface area (Å²) in [6.45, 7) is 5.00. The quantitative estimate of drug-likeness (QED) is 0.560. The number of fused-ring (bicyclic) bond motifs is 1. The Morgan fingerprint density at radius 1 is 1.09 bits per heavy atom. The van der Waals surface area contributed by atoms with E-state index in [2.05, 4.69) is 28.3 Å². The molecule has 0 bridgehead atoms. The van der Waals surface area contributed by atoms with E-state index in [-0.39, 0.29) is 0 Å². The molecule has 0 saturated heterocycles. The molecular formula is C18H19N2O2+. The SMILES string of the molecule is C=CC[n+]1c(COc2ccccc2OC)[nH]c2ccccc21. The molecular weight excluding hydrogens is 276 g/mol. The molecule has 3 aromatic rings. The summed E-state index contributed by atoms with van der Waals surface area (Å²) >= 11 is 0. The summed E-state index contributed by atoms with van der Waals surface area (Å²) in [4.78, 5) is 3.41. The number of imidazole rings is 1. The number of nitrogens with one attached hydrogen (secondary N) is 1. The van der Waals surface area contributed by atoms with Crippen molar-refractivity contribution in [1.29, 1.82) is 0 Å². The van der Waals surface area contributed by atoms with E-state index in [0.717, 1.165) is 34.9 Å². The second-order valence-electron chi connectivity index (χ2n) is 4.93. The normalized spacial score (nSPS) is 10.6. The Labute approximate surface area is 129 Å². The third kappa shape index (κ3) is 2.68. The molecule has 0 saturated carbocycles. The maximum atomic E-state index is 5.92. The molecule has 0 aliphatic heterocycles. The molecule has 2 aromatic carbocycles. The number of hydrogen-bond acceptors (Lipinski definition) is 2. The van der Waals surface area contributed by atoms with Crippen LogP contribution < -0.4 is 14.0 Å². The lowest BCUT2D eigenvalue weighted by Crippen LogP contribution is -2.36. The summed E-state index contributed by atoms with van der Waals surface area (Å²) in [6.07, 6.45) is 1.88. The van der Waals surface area contributed by atoms with Gasteiger partial charge < -0.3 is 9.47 Å². The average Bonchev–Trinajstić information content (AvgIpc) is 2.91. The number of rotatable bonds is 6. The number of H-pyrrole nitrogens is 1. The smallest absolute Gasteiger partial charge is 0.294 e. The van der Waals surface area contributed by atoms with Crippen LogP contribution in [0.15, 0.2) is 61.2 Å². The highest BCUT2D eigenvalue weighted by Gasteiger charge is 2.18. The Morgan fingerprint density at radius 2 is 1.82 bits per heavy atom. The second-order valence-corrected chi connectivity index (χ2v) is 4.93. The van der Waals surface area contributed by atoms with Gasteiger partial charge in [0, 0.05) is 0 Å². The number of aromatic nitrogens is 2. The molecule has 4 nitrogen and oxygen atoms in total. The first-order valence-corrected chi connectivity index (χ1v) is 7.19. The Kier molecular flexibility index (Phi) is 4.10. The molecule has 0 spiro atoms. The topological polar surface area (TPSA) is 38.1 Å². The number of ether oxygens (including phenoxy) is 2. The van der Waals surface area contributed by atoms with E-state index in [0.29, 0.717) is 6.61 Å². The zero-order valence-corrected chi connectivity index (χ0v) is 12.6. The van der Waals surface area contributed by atoms with Crippen molar-refractivity contribution in [2.45, 2.75) is 13.2 Å². The summed E-state index contributed by atoms with van der Waals surface area (Å²) in [6, 6.07) is 15.8. The summed E-state index contributed by atoms with van der Waals surface area (Å²) < 4.78 is 13.4. The van der Waals surface area contributed by atoms with Crippen LogP contribution in [0.5, 0.6) is 11.5 Å². The van der Waals surface area contributed by atoms with Gasteiger partial charge >= 0.3 is 0 Å². The van der Waals surface area contributed by atoms with Crippen LogP contribution in [0.1, 0.15) is 5.82 Å². The Balaban J connectivity index is 1.90. The minimum atomic E-state index is 0.433. The van der Waals surface area contributed by atoms with E-state index in [1.54, 1.807) is 7.11 Å². The van der Waals surface area contributed by atoms with Gasteiger partial charge in [0.2, 0.25) is 0 Å². The van der Waals surface area contributed by atoms with Crippen molar-refractivity contribution in [3.8, 4) is 11.5 Å². The molecule has 0 aliphatic carbocycles. The highest BCUT2D eigenvalue weighted by molar-refractivity contribution is 5.71. The van der Waals surface area contributed by atoms with E-state index in [1.807, 2.05) is 42.5 Å². The molecule has 1 heterocycles. The van der Waals surface area contributed by atoms with Gasteiger partial charge in [-0.1, -0.05) is 36.9 Å². The first-order chi connectivity index (χ1) is 10.8. The predicted molar refractivity (Wildman–Crippen MR) is 86.0 cm³/mol. The van der Waals surface area contributed by atoms with Crippen molar-refractivity contribution >= 4 is 11.0 Å². The van der Waals surface area contributed by atoms with Crippen LogP contribution in [-0.4, -0.2) is 12.1 Å². The zero-order valence-electron chi connectivity index (χ0n) is 12.6. The molecule has 0 atom stereocenters. The molecule has 1 N–H and O–H groups in total. The van der Waals surface area contributed by atoms with Crippen molar-refractivity contribution in [1.82, 2.24) is 4.98 Å². The molecule has 112 valence electrons. The van der Waals surface area contributed by atoms with Crippen LogP contribution in [0.25, 0.3) is 11.0 Å². The van der Waals surface area contributed by atoms with Crippen molar-refractivity contribution < 1.29 is 14.0 Å². The van der Waals surface area contributed by atoms with E-state index in [4.69, 9.17) is 9.47 Å². The minimum Gasteiger partial charge on any atom is -0.493 e. The lowest BCUT2D eigenvalue weighted by molar-refractivity contribution is -0.670. The molecule has 1 aromatic heterocycles. The number of methoxy groups -OCH3 is 1. The monoisotopic (exact) mass is 295 g/mol. The standard InChI is InChI=1S/C18H18N2O2/c1-3-12-20-15-9-5-4-8-14(15)19-18(20)13-22-17-11-7-6-10-16(17)21-2/h3-11H,1,12-13H2,2H3/p+1. The maximum absolute atomic E-state index is 5.92. The van der Waals surface area contributed by atoms with Crippen molar-refractivity contribution in [2.75, 3.05) is 7.11 Å². The molecule has 0 aliphatic rings. The van der Waals surface area contributed by atoms with Gasteiger partial charge in [-0.2, -0.15) is 0 Å². The van der Waals surface area contributed by atoms with Gasteiger partial charge in [-0.05, 0) is 24.3 Å². The number of allylic oxidation sites excluding steroid dienone is 1. The maximum Gasteiger partial charge on any atom is 0.294 e. The number of para-hydroxylation sites is 4. The highest BCUT2D eigenvalue weighted by Crippen LogP contribution is 2.26. The summed E-state index contributed by atoms with van der Waals surface area (Å²) in [5, 5.41) is 0. The first-order valence-electron chi connectivity index (χ1n) is 7.19. The number of nitrogens with zero attached hydrogens (tertiary/aromatic N) is 1. The molecule has 22 heavy (non-hydrogen) atoms. The third-order valence-electron chi connectivity index (χ3n) is 3.54. The predicted octanol–water partition coefficient (Wildman–Crippen LogP) is 3.23. The van der Waals surface area contributed by atoms with E-state index in [9.17, 15) is 0 Å². The van der Waals surface area contributed by atoms with Gasteiger partial charge in [0.05, 0.1) is 7.11 Å². The number of benzene rings is 2. The highest BCUT2D eigenvalue weighted by atomic mass is 16.5. The summed E-state index contributed by atoms with van der Waals surface area (Å²) in [5.41, 5.74) is 2.23. The van der Waals surface area contributed by atoms with Gasteiger partial charge in [0.1, 0.15) is 6.54 Å². The van der Waals surface area contributed by atoms with Crippen LogP contribution in [0, 0.1) is 0 Å². The summed E-state index contributed by atoms with van der Waals surface area (Å²) in [5.74, 6) is 2.45. The fourth-order valence-corrected chi connectivity index (χ4v) is 2.52. The van der Waals surface area contributed by atoms with Crippen molar-refractivity contribution in [2.24, 2.45) is 0 Å². The van der Waals surface area contributed by atoms with Gasteiger partial charge in [0.25, 0.3) is 5.82 Å². The van der Waals surface area contributed by atoms with E-state index < -0.39 is 0 Å². The summed E-state index contributed by atoms with van der Waals surface area (Å²) in [7, 11) is 1.64. The fourth-order valence-electron chi connectivity index (χ4n) is 2.52. The molecule has 0 unspecified atom stereocenters. The largest absolute Gasteiger partial charge is 0.493 e. The van der Waals surface area contributed by atoms with Crippen LogP contribution in [0.4, 0.5) is 0 Å². The molecule has 4 heteroatoms. The van der Waals surface area contributed by atoms with Gasteiger partial charge in [-0.25, -0.2) is 9.55 Å².